The second kappa shape index (κ2) is 7.87. The summed E-state index contributed by atoms with van der Waals surface area (Å²) in [7, 11) is 0. The summed E-state index contributed by atoms with van der Waals surface area (Å²) in [6, 6.07) is 15.2. The van der Waals surface area contributed by atoms with Crippen LogP contribution in [0.15, 0.2) is 56.7 Å². The first kappa shape index (κ1) is 15.6. The van der Waals surface area contributed by atoms with Crippen LogP contribution in [-0.4, -0.2) is 6.54 Å². The van der Waals surface area contributed by atoms with Gasteiger partial charge in [0.1, 0.15) is 0 Å². The topological polar surface area (TPSA) is 12.0 Å². The number of benzene rings is 2. The fourth-order valence-corrected chi connectivity index (χ4v) is 3.60. The maximum Gasteiger partial charge on any atom is 0.0231 e. The van der Waals surface area contributed by atoms with E-state index in [4.69, 9.17) is 0 Å². The number of hydrogen-bond donors (Lipinski definition) is 1. The summed E-state index contributed by atoms with van der Waals surface area (Å²) in [5.74, 6) is 0. The maximum atomic E-state index is 3.67. The molecule has 0 aliphatic heterocycles. The summed E-state index contributed by atoms with van der Waals surface area (Å²) in [5, 5.41) is 3.43. The summed E-state index contributed by atoms with van der Waals surface area (Å²) >= 11 is 5.48. The third-order valence-corrected chi connectivity index (χ3v) is 4.71. The summed E-state index contributed by atoms with van der Waals surface area (Å²) in [6.07, 6.45) is 1.17. The van der Waals surface area contributed by atoms with Gasteiger partial charge in [-0.1, -0.05) is 58.4 Å². The lowest BCUT2D eigenvalue weighted by Crippen LogP contribution is -2.14. The molecule has 20 heavy (non-hydrogen) atoms. The van der Waals surface area contributed by atoms with Crippen molar-refractivity contribution in [3.63, 3.8) is 0 Å². The van der Waals surface area contributed by atoms with Crippen molar-refractivity contribution < 1.29 is 0 Å². The van der Waals surface area contributed by atoms with Crippen LogP contribution in [0.25, 0.3) is 0 Å². The Morgan fingerprint density at radius 1 is 1.10 bits per heavy atom. The average molecular weight is 350 g/mol. The van der Waals surface area contributed by atoms with Gasteiger partial charge < -0.3 is 5.32 Å². The number of halogens is 1. The Hall–Kier alpha value is -0.770. The average Bonchev–Trinajstić information content (AvgIpc) is 2.41. The standard InChI is InChI=1S/C17H20BrNS/c1-3-9-19-12-14-7-8-16(11-17(14)18)20-15-6-4-5-13(2)10-15/h4-8,10-11,19H,3,9,12H2,1-2H3. The van der Waals surface area contributed by atoms with E-state index >= 15 is 0 Å². The molecule has 0 radical (unpaired) electrons. The molecule has 0 aliphatic carbocycles. The summed E-state index contributed by atoms with van der Waals surface area (Å²) in [6.45, 7) is 6.29. The number of nitrogens with one attached hydrogen (secondary N) is 1. The lowest BCUT2D eigenvalue weighted by atomic mass is 10.2. The molecule has 0 heterocycles. The Bertz CT molecular complexity index is 569. The van der Waals surface area contributed by atoms with E-state index in [1.54, 1.807) is 11.8 Å². The number of rotatable bonds is 6. The van der Waals surface area contributed by atoms with Crippen LogP contribution in [0.4, 0.5) is 0 Å². The van der Waals surface area contributed by atoms with Crippen LogP contribution in [0.5, 0.6) is 0 Å². The van der Waals surface area contributed by atoms with Crippen molar-refractivity contribution in [2.45, 2.75) is 36.6 Å². The number of hydrogen-bond acceptors (Lipinski definition) is 2. The minimum atomic E-state index is 0.920. The molecule has 2 aromatic carbocycles. The third-order valence-electron chi connectivity index (χ3n) is 2.99. The normalized spacial score (nSPS) is 10.8. The van der Waals surface area contributed by atoms with Gasteiger partial charge in [-0.2, -0.15) is 0 Å². The van der Waals surface area contributed by atoms with Crippen LogP contribution < -0.4 is 5.32 Å². The van der Waals surface area contributed by atoms with Gasteiger partial charge in [0, 0.05) is 20.8 Å². The molecule has 3 heteroatoms. The van der Waals surface area contributed by atoms with Crippen molar-refractivity contribution in [2.75, 3.05) is 6.54 Å². The molecular formula is C17H20BrNS. The first-order chi connectivity index (χ1) is 9.69. The van der Waals surface area contributed by atoms with E-state index in [9.17, 15) is 0 Å². The molecule has 2 rings (SSSR count). The smallest absolute Gasteiger partial charge is 0.0231 e. The third kappa shape index (κ3) is 4.65. The highest BCUT2D eigenvalue weighted by Gasteiger charge is 2.03. The molecule has 0 atom stereocenters. The van der Waals surface area contributed by atoms with Crippen molar-refractivity contribution in [1.29, 1.82) is 0 Å². The second-order valence-electron chi connectivity index (χ2n) is 4.85. The van der Waals surface area contributed by atoms with Gasteiger partial charge in [0.15, 0.2) is 0 Å². The molecule has 0 fully saturated rings. The van der Waals surface area contributed by atoms with Gasteiger partial charge in [-0.25, -0.2) is 0 Å². The molecule has 1 N–H and O–H groups in total. The SMILES string of the molecule is CCCNCc1ccc(Sc2cccc(C)c2)cc1Br. The predicted molar refractivity (Wildman–Crippen MR) is 91.4 cm³/mol. The molecule has 1 nitrogen and oxygen atoms in total. The van der Waals surface area contributed by atoms with Gasteiger partial charge in [0.2, 0.25) is 0 Å². The van der Waals surface area contributed by atoms with E-state index in [2.05, 4.69) is 77.6 Å². The Morgan fingerprint density at radius 2 is 1.90 bits per heavy atom. The van der Waals surface area contributed by atoms with E-state index in [1.165, 1.54) is 31.8 Å². The largest absolute Gasteiger partial charge is 0.313 e. The lowest BCUT2D eigenvalue weighted by Gasteiger charge is -2.08. The molecule has 2 aromatic rings. The van der Waals surface area contributed by atoms with Crippen LogP contribution in [0.1, 0.15) is 24.5 Å². The van der Waals surface area contributed by atoms with Crippen LogP contribution in [0, 0.1) is 6.92 Å². The van der Waals surface area contributed by atoms with E-state index in [0.717, 1.165) is 13.1 Å². The zero-order chi connectivity index (χ0) is 14.4. The van der Waals surface area contributed by atoms with Crippen LogP contribution in [-0.2, 0) is 6.54 Å². The molecule has 0 amide bonds. The fraction of sp³-hybridized carbons (Fsp3) is 0.294. The minimum absolute atomic E-state index is 0.920. The highest BCUT2D eigenvalue weighted by Crippen LogP contribution is 2.31. The Morgan fingerprint density at radius 3 is 2.60 bits per heavy atom. The van der Waals surface area contributed by atoms with E-state index in [-0.39, 0.29) is 0 Å². The first-order valence-electron chi connectivity index (χ1n) is 6.92. The van der Waals surface area contributed by atoms with Gasteiger partial charge in [-0.15, -0.1) is 0 Å². The zero-order valence-electron chi connectivity index (χ0n) is 11.9. The summed E-state index contributed by atoms with van der Waals surface area (Å²) in [4.78, 5) is 2.55. The highest BCUT2D eigenvalue weighted by molar-refractivity contribution is 9.10. The highest BCUT2D eigenvalue weighted by atomic mass is 79.9. The molecule has 0 aliphatic rings. The van der Waals surface area contributed by atoms with E-state index < -0.39 is 0 Å². The molecular weight excluding hydrogens is 330 g/mol. The molecule has 0 spiro atoms. The number of aryl methyl sites for hydroxylation is 1. The molecule has 0 bridgehead atoms. The molecule has 0 saturated heterocycles. The molecule has 0 unspecified atom stereocenters. The van der Waals surface area contributed by atoms with Crippen LogP contribution >= 0.6 is 27.7 Å². The lowest BCUT2D eigenvalue weighted by molar-refractivity contribution is 0.673. The zero-order valence-corrected chi connectivity index (χ0v) is 14.4. The van der Waals surface area contributed by atoms with Crippen molar-refractivity contribution >= 4 is 27.7 Å². The second-order valence-corrected chi connectivity index (χ2v) is 6.85. The van der Waals surface area contributed by atoms with Gasteiger partial charge in [-0.05, 0) is 49.7 Å². The fourth-order valence-electron chi connectivity index (χ4n) is 1.95. The Labute approximate surface area is 134 Å². The van der Waals surface area contributed by atoms with Crippen LogP contribution in [0.3, 0.4) is 0 Å². The van der Waals surface area contributed by atoms with Gasteiger partial charge in [0.05, 0.1) is 0 Å². The Kier molecular flexibility index (Phi) is 6.14. The van der Waals surface area contributed by atoms with E-state index in [1.807, 2.05) is 0 Å². The van der Waals surface area contributed by atoms with Crippen molar-refractivity contribution in [1.82, 2.24) is 5.32 Å². The predicted octanol–water partition coefficient (Wildman–Crippen LogP) is 5.41. The molecule has 0 saturated carbocycles. The summed E-state index contributed by atoms with van der Waals surface area (Å²) in [5.41, 5.74) is 2.61. The Balaban J connectivity index is 2.05. The maximum absolute atomic E-state index is 3.67. The first-order valence-corrected chi connectivity index (χ1v) is 8.53. The monoisotopic (exact) mass is 349 g/mol. The van der Waals surface area contributed by atoms with Gasteiger partial charge in [-0.3, -0.25) is 0 Å². The minimum Gasteiger partial charge on any atom is -0.313 e. The van der Waals surface area contributed by atoms with Crippen LogP contribution in [0.2, 0.25) is 0 Å². The van der Waals surface area contributed by atoms with Gasteiger partial charge >= 0.3 is 0 Å². The quantitative estimate of drug-likeness (QED) is 0.699. The van der Waals surface area contributed by atoms with Crippen molar-refractivity contribution in [3.05, 3.63) is 58.1 Å². The van der Waals surface area contributed by atoms with E-state index in [0.29, 0.717) is 0 Å². The molecule has 0 aromatic heterocycles. The van der Waals surface area contributed by atoms with Crippen molar-refractivity contribution in [2.24, 2.45) is 0 Å². The summed E-state index contributed by atoms with van der Waals surface area (Å²) < 4.78 is 1.18. The molecule has 106 valence electrons. The van der Waals surface area contributed by atoms with Gasteiger partial charge in [0.25, 0.3) is 0 Å². The van der Waals surface area contributed by atoms with Crippen molar-refractivity contribution in [3.8, 4) is 0 Å².